The normalized spacial score (nSPS) is 11.7. The molecule has 0 atom stereocenters. The molecule has 2 aromatic rings. The molecule has 2 rings (SSSR count). The van der Waals surface area contributed by atoms with Crippen molar-refractivity contribution in [2.75, 3.05) is 13.7 Å². The summed E-state index contributed by atoms with van der Waals surface area (Å²) >= 11 is 0. The molecule has 1 heterocycles. The van der Waals surface area contributed by atoms with Crippen molar-refractivity contribution in [3.8, 4) is 0 Å². The van der Waals surface area contributed by atoms with Crippen molar-refractivity contribution in [3.05, 3.63) is 41.6 Å². The maximum absolute atomic E-state index is 11.9. The van der Waals surface area contributed by atoms with E-state index in [4.69, 9.17) is 9.47 Å². The number of carbonyl (C=O) groups excluding carboxylic acids is 2. The molecule has 0 unspecified atom stereocenters. The van der Waals surface area contributed by atoms with Crippen LogP contribution < -0.4 is 5.32 Å². The van der Waals surface area contributed by atoms with Crippen molar-refractivity contribution in [2.45, 2.75) is 32.8 Å². The zero-order valence-corrected chi connectivity index (χ0v) is 15.0. The van der Waals surface area contributed by atoms with Crippen molar-refractivity contribution in [2.24, 2.45) is 0 Å². The van der Waals surface area contributed by atoms with Crippen molar-refractivity contribution < 1.29 is 19.1 Å². The molecule has 134 valence electrons. The van der Waals surface area contributed by atoms with Gasteiger partial charge in [0, 0.05) is 23.6 Å². The summed E-state index contributed by atoms with van der Waals surface area (Å²) in [6.07, 6.45) is 5.85. The van der Waals surface area contributed by atoms with Crippen LogP contribution in [0, 0.1) is 0 Å². The van der Waals surface area contributed by atoms with E-state index >= 15 is 0 Å². The maximum atomic E-state index is 11.9. The molecule has 1 amide bonds. The number of carbonyl (C=O) groups is 2. The number of H-pyrrole nitrogens is 1. The van der Waals surface area contributed by atoms with Crippen LogP contribution in [0.25, 0.3) is 17.0 Å². The highest BCUT2D eigenvalue weighted by atomic mass is 16.6. The minimum Gasteiger partial charge on any atom is -0.465 e. The van der Waals surface area contributed by atoms with Gasteiger partial charge in [0.2, 0.25) is 0 Å². The first-order valence-corrected chi connectivity index (χ1v) is 8.13. The van der Waals surface area contributed by atoms with Crippen LogP contribution >= 0.6 is 0 Å². The number of amides is 1. The van der Waals surface area contributed by atoms with Crippen LogP contribution in [-0.2, 0) is 9.47 Å². The van der Waals surface area contributed by atoms with E-state index in [0.717, 1.165) is 16.5 Å². The van der Waals surface area contributed by atoms with E-state index < -0.39 is 11.7 Å². The predicted octanol–water partition coefficient (Wildman–Crippen LogP) is 3.88. The zero-order valence-electron chi connectivity index (χ0n) is 15.0. The van der Waals surface area contributed by atoms with Crippen LogP contribution in [-0.4, -0.2) is 36.3 Å². The van der Waals surface area contributed by atoms with Crippen LogP contribution in [0.3, 0.4) is 0 Å². The molecule has 6 heteroatoms. The van der Waals surface area contributed by atoms with Crippen LogP contribution in [0.1, 0.15) is 43.1 Å². The molecule has 0 saturated heterocycles. The van der Waals surface area contributed by atoms with Crippen LogP contribution in [0.4, 0.5) is 4.79 Å². The van der Waals surface area contributed by atoms with Gasteiger partial charge in [-0.2, -0.15) is 0 Å². The third kappa shape index (κ3) is 5.38. The molecule has 0 aliphatic carbocycles. The Morgan fingerprint density at radius 1 is 1.28 bits per heavy atom. The number of esters is 1. The Kier molecular flexibility index (Phi) is 5.85. The molecule has 25 heavy (non-hydrogen) atoms. The highest BCUT2D eigenvalue weighted by molar-refractivity contribution is 6.04. The third-order valence-corrected chi connectivity index (χ3v) is 3.39. The first-order valence-electron chi connectivity index (χ1n) is 8.13. The lowest BCUT2D eigenvalue weighted by Gasteiger charge is -2.19. The van der Waals surface area contributed by atoms with E-state index in [0.29, 0.717) is 18.5 Å². The number of methoxy groups -OCH3 is 1. The third-order valence-electron chi connectivity index (χ3n) is 3.39. The summed E-state index contributed by atoms with van der Waals surface area (Å²) in [6, 6.07) is 5.60. The summed E-state index contributed by atoms with van der Waals surface area (Å²) < 4.78 is 10.0. The first kappa shape index (κ1) is 18.6. The molecule has 2 N–H and O–H groups in total. The number of rotatable bonds is 5. The lowest BCUT2D eigenvalue weighted by Crippen LogP contribution is -2.32. The van der Waals surface area contributed by atoms with Gasteiger partial charge < -0.3 is 19.8 Å². The number of hydrogen-bond donors (Lipinski definition) is 2. The number of aromatic nitrogens is 1. The minimum atomic E-state index is -0.504. The number of ether oxygens (including phenoxy) is 2. The molecule has 0 saturated carbocycles. The molecule has 0 fully saturated rings. The number of fused-ring (bicyclic) bond motifs is 1. The average molecular weight is 344 g/mol. The van der Waals surface area contributed by atoms with Crippen LogP contribution in [0.15, 0.2) is 30.5 Å². The van der Waals surface area contributed by atoms with Gasteiger partial charge in [-0.05, 0) is 51.0 Å². The lowest BCUT2D eigenvalue weighted by molar-refractivity contribution is 0.0527. The van der Waals surface area contributed by atoms with E-state index in [1.807, 2.05) is 45.1 Å². The molecule has 0 radical (unpaired) electrons. The van der Waals surface area contributed by atoms with Gasteiger partial charge in [-0.15, -0.1) is 0 Å². The van der Waals surface area contributed by atoms with Gasteiger partial charge in [0.05, 0.1) is 12.7 Å². The van der Waals surface area contributed by atoms with Gasteiger partial charge in [-0.3, -0.25) is 0 Å². The Labute approximate surface area is 147 Å². The number of aromatic amines is 1. The van der Waals surface area contributed by atoms with E-state index in [-0.39, 0.29) is 5.97 Å². The molecule has 0 bridgehead atoms. The summed E-state index contributed by atoms with van der Waals surface area (Å²) in [7, 11) is 1.37. The van der Waals surface area contributed by atoms with Crippen molar-refractivity contribution in [1.29, 1.82) is 0 Å². The topological polar surface area (TPSA) is 80.4 Å². The monoisotopic (exact) mass is 344 g/mol. The standard InChI is InChI=1S/C19H24N2O4/c1-19(2,3)25-18(23)21-9-6-5-7-13-11-15(17(22)24-4)14-8-10-20-16(14)12-13/h5,7-8,10-12,20H,6,9H2,1-4H3,(H,21,23). The van der Waals surface area contributed by atoms with Crippen molar-refractivity contribution in [3.63, 3.8) is 0 Å². The summed E-state index contributed by atoms with van der Waals surface area (Å²) in [6.45, 7) is 5.94. The average Bonchev–Trinajstić information content (AvgIpc) is 2.99. The van der Waals surface area contributed by atoms with Crippen LogP contribution in [0.2, 0.25) is 0 Å². The first-order chi connectivity index (χ1) is 11.8. The summed E-state index contributed by atoms with van der Waals surface area (Å²) in [4.78, 5) is 26.6. The van der Waals surface area contributed by atoms with E-state index in [1.54, 1.807) is 12.3 Å². The fourth-order valence-corrected chi connectivity index (χ4v) is 2.36. The maximum Gasteiger partial charge on any atom is 0.407 e. The summed E-state index contributed by atoms with van der Waals surface area (Å²) in [5.41, 5.74) is 1.77. The van der Waals surface area contributed by atoms with Gasteiger partial charge in [0.15, 0.2) is 0 Å². The summed E-state index contributed by atoms with van der Waals surface area (Å²) in [5, 5.41) is 3.53. The smallest absolute Gasteiger partial charge is 0.407 e. The fraction of sp³-hybridized carbons (Fsp3) is 0.368. The minimum absolute atomic E-state index is 0.369. The van der Waals surface area contributed by atoms with Gasteiger partial charge in [-0.25, -0.2) is 9.59 Å². The molecule has 6 nitrogen and oxygen atoms in total. The van der Waals surface area contributed by atoms with Crippen LogP contribution in [0.5, 0.6) is 0 Å². The fourth-order valence-electron chi connectivity index (χ4n) is 2.36. The lowest BCUT2D eigenvalue weighted by atomic mass is 10.1. The van der Waals surface area contributed by atoms with Crippen molar-refractivity contribution >= 4 is 29.0 Å². The highest BCUT2D eigenvalue weighted by Gasteiger charge is 2.15. The van der Waals surface area contributed by atoms with E-state index in [9.17, 15) is 9.59 Å². The Morgan fingerprint density at radius 3 is 2.72 bits per heavy atom. The van der Waals surface area contributed by atoms with Gasteiger partial charge >= 0.3 is 12.1 Å². The Bertz CT molecular complexity index is 784. The second-order valence-corrected chi connectivity index (χ2v) is 6.62. The Balaban J connectivity index is 1.97. The SMILES string of the molecule is COC(=O)c1cc(C=CCCNC(=O)OC(C)(C)C)cc2[nH]ccc12. The second kappa shape index (κ2) is 7.88. The van der Waals surface area contributed by atoms with E-state index in [2.05, 4.69) is 10.3 Å². The number of hydrogen-bond acceptors (Lipinski definition) is 4. The molecular weight excluding hydrogens is 320 g/mol. The number of benzene rings is 1. The van der Waals surface area contributed by atoms with Gasteiger partial charge in [0.1, 0.15) is 5.60 Å². The molecule has 1 aromatic carbocycles. The second-order valence-electron chi connectivity index (χ2n) is 6.62. The molecule has 0 aliphatic rings. The molecule has 0 aliphatic heterocycles. The molecular formula is C19H24N2O4. The quantitative estimate of drug-likeness (QED) is 0.637. The Hall–Kier alpha value is -2.76. The number of nitrogens with one attached hydrogen (secondary N) is 2. The largest absolute Gasteiger partial charge is 0.465 e. The molecule has 0 spiro atoms. The van der Waals surface area contributed by atoms with E-state index in [1.165, 1.54) is 7.11 Å². The Morgan fingerprint density at radius 2 is 2.04 bits per heavy atom. The highest BCUT2D eigenvalue weighted by Crippen LogP contribution is 2.22. The van der Waals surface area contributed by atoms with Gasteiger partial charge in [0.25, 0.3) is 0 Å². The zero-order chi connectivity index (χ0) is 18.4. The van der Waals surface area contributed by atoms with Gasteiger partial charge in [-0.1, -0.05) is 12.2 Å². The predicted molar refractivity (Wildman–Crippen MR) is 97.5 cm³/mol. The number of alkyl carbamates (subject to hydrolysis) is 1. The summed E-state index contributed by atoms with van der Waals surface area (Å²) in [5.74, 6) is -0.369. The van der Waals surface area contributed by atoms with Crippen molar-refractivity contribution in [1.82, 2.24) is 10.3 Å². The molecule has 1 aromatic heterocycles.